The van der Waals surface area contributed by atoms with Crippen molar-refractivity contribution in [2.75, 3.05) is 45.8 Å². The minimum atomic E-state index is 0.181. The summed E-state index contributed by atoms with van der Waals surface area (Å²) in [6.45, 7) is 12.1. The molecule has 0 aromatic carbocycles. The van der Waals surface area contributed by atoms with E-state index in [1.165, 1.54) is 0 Å². The van der Waals surface area contributed by atoms with Crippen molar-refractivity contribution in [1.82, 2.24) is 14.7 Å². The van der Waals surface area contributed by atoms with Gasteiger partial charge in [0.05, 0.1) is 0 Å². The van der Waals surface area contributed by atoms with E-state index in [1.807, 2.05) is 23.6 Å². The molecule has 1 aliphatic heterocycles. The first kappa shape index (κ1) is 15.2. The summed E-state index contributed by atoms with van der Waals surface area (Å²) < 4.78 is 0. The van der Waals surface area contributed by atoms with E-state index in [2.05, 4.69) is 11.8 Å². The van der Waals surface area contributed by atoms with E-state index in [9.17, 15) is 4.79 Å². The van der Waals surface area contributed by atoms with E-state index in [0.29, 0.717) is 12.6 Å². The fourth-order valence-electron chi connectivity index (χ4n) is 2.55. The predicted molar refractivity (Wildman–Crippen MR) is 74.6 cm³/mol. The average molecular weight is 256 g/mol. The zero-order valence-corrected chi connectivity index (χ0v) is 12.1. The van der Waals surface area contributed by atoms with Crippen LogP contribution in [0.1, 0.15) is 27.2 Å². The van der Waals surface area contributed by atoms with Gasteiger partial charge >= 0.3 is 6.03 Å². The highest BCUT2D eigenvalue weighted by Crippen LogP contribution is 2.10. The third kappa shape index (κ3) is 3.59. The molecule has 1 aliphatic rings. The highest BCUT2D eigenvalue weighted by atomic mass is 16.2. The van der Waals surface area contributed by atoms with Crippen LogP contribution in [0.3, 0.4) is 0 Å². The predicted octanol–water partition coefficient (Wildman–Crippen LogP) is 0.803. The highest BCUT2D eigenvalue weighted by Gasteiger charge is 2.26. The van der Waals surface area contributed by atoms with Crippen molar-refractivity contribution >= 4 is 6.03 Å². The number of piperazine rings is 1. The standard InChI is InChI=1S/C13H28N4O/c1-4-12(11-14)16-7-9-17(10-8-16)13(18)15(5-2)6-3/h12H,4-11,14H2,1-3H3. The number of carbonyl (C=O) groups is 1. The van der Waals surface area contributed by atoms with Crippen molar-refractivity contribution in [1.29, 1.82) is 0 Å². The van der Waals surface area contributed by atoms with E-state index < -0.39 is 0 Å². The van der Waals surface area contributed by atoms with Crippen LogP contribution in [0.4, 0.5) is 4.79 Å². The third-order valence-electron chi connectivity index (χ3n) is 3.88. The minimum absolute atomic E-state index is 0.181. The molecule has 2 N–H and O–H groups in total. The first-order valence-corrected chi connectivity index (χ1v) is 7.15. The third-order valence-corrected chi connectivity index (χ3v) is 3.88. The van der Waals surface area contributed by atoms with Gasteiger partial charge in [0.2, 0.25) is 0 Å². The minimum Gasteiger partial charge on any atom is -0.329 e. The van der Waals surface area contributed by atoms with Crippen molar-refractivity contribution in [3.8, 4) is 0 Å². The Bertz CT molecular complexity index is 243. The number of urea groups is 1. The zero-order chi connectivity index (χ0) is 13.5. The van der Waals surface area contributed by atoms with Gasteiger partial charge in [-0.15, -0.1) is 0 Å². The maximum Gasteiger partial charge on any atom is 0.320 e. The van der Waals surface area contributed by atoms with Crippen LogP contribution in [-0.4, -0.2) is 72.6 Å². The summed E-state index contributed by atoms with van der Waals surface area (Å²) in [4.78, 5) is 18.4. The Morgan fingerprint density at radius 1 is 1.17 bits per heavy atom. The van der Waals surface area contributed by atoms with E-state index in [1.54, 1.807) is 0 Å². The van der Waals surface area contributed by atoms with Crippen molar-refractivity contribution in [3.05, 3.63) is 0 Å². The van der Waals surface area contributed by atoms with Gasteiger partial charge < -0.3 is 15.5 Å². The SMILES string of the molecule is CCC(CN)N1CCN(C(=O)N(CC)CC)CC1. The Hall–Kier alpha value is -0.810. The molecule has 0 aromatic heterocycles. The first-order chi connectivity index (χ1) is 8.67. The number of carbonyl (C=O) groups excluding carboxylic acids is 1. The fourth-order valence-corrected chi connectivity index (χ4v) is 2.55. The van der Waals surface area contributed by atoms with Crippen LogP contribution in [0.2, 0.25) is 0 Å². The molecule has 0 aromatic rings. The van der Waals surface area contributed by atoms with Gasteiger partial charge in [-0.05, 0) is 20.3 Å². The first-order valence-electron chi connectivity index (χ1n) is 7.15. The van der Waals surface area contributed by atoms with Crippen LogP contribution in [0.25, 0.3) is 0 Å². The van der Waals surface area contributed by atoms with Crippen molar-refractivity contribution in [3.63, 3.8) is 0 Å². The van der Waals surface area contributed by atoms with Crippen LogP contribution >= 0.6 is 0 Å². The quantitative estimate of drug-likeness (QED) is 0.792. The van der Waals surface area contributed by atoms with Crippen molar-refractivity contribution in [2.24, 2.45) is 5.73 Å². The Kier molecular flexibility index (Phi) is 6.43. The maximum absolute atomic E-state index is 12.2. The second-order valence-electron chi connectivity index (χ2n) is 4.78. The molecular weight excluding hydrogens is 228 g/mol. The molecule has 0 aliphatic carbocycles. The number of hydrogen-bond acceptors (Lipinski definition) is 3. The molecule has 1 heterocycles. The van der Waals surface area contributed by atoms with Crippen LogP contribution in [0.5, 0.6) is 0 Å². The van der Waals surface area contributed by atoms with Crippen LogP contribution in [0, 0.1) is 0 Å². The van der Waals surface area contributed by atoms with E-state index in [-0.39, 0.29) is 6.03 Å². The van der Waals surface area contributed by atoms with Crippen LogP contribution in [-0.2, 0) is 0 Å². The summed E-state index contributed by atoms with van der Waals surface area (Å²) >= 11 is 0. The molecule has 0 radical (unpaired) electrons. The van der Waals surface area contributed by atoms with Gasteiger partial charge in [-0.3, -0.25) is 4.90 Å². The largest absolute Gasteiger partial charge is 0.329 e. The average Bonchev–Trinajstić information content (AvgIpc) is 2.42. The Balaban J connectivity index is 2.45. The lowest BCUT2D eigenvalue weighted by molar-refractivity contribution is 0.0929. The highest BCUT2D eigenvalue weighted by molar-refractivity contribution is 5.74. The number of nitrogens with two attached hydrogens (primary N) is 1. The van der Waals surface area contributed by atoms with Gasteiger partial charge in [0.1, 0.15) is 0 Å². The van der Waals surface area contributed by atoms with Crippen LogP contribution < -0.4 is 5.73 Å². The number of amides is 2. The Morgan fingerprint density at radius 2 is 1.72 bits per heavy atom. The smallest absolute Gasteiger partial charge is 0.320 e. The van der Waals surface area contributed by atoms with Gasteiger partial charge in [0, 0.05) is 51.9 Å². The number of nitrogens with zero attached hydrogens (tertiary/aromatic N) is 3. The topological polar surface area (TPSA) is 52.8 Å². The molecule has 0 bridgehead atoms. The molecule has 1 saturated heterocycles. The lowest BCUT2D eigenvalue weighted by Crippen LogP contribution is -2.56. The van der Waals surface area contributed by atoms with Crippen molar-refractivity contribution < 1.29 is 4.79 Å². The summed E-state index contributed by atoms with van der Waals surface area (Å²) in [7, 11) is 0. The van der Waals surface area contributed by atoms with E-state index in [0.717, 1.165) is 45.7 Å². The molecular formula is C13H28N4O. The lowest BCUT2D eigenvalue weighted by atomic mass is 10.1. The second kappa shape index (κ2) is 7.59. The molecule has 0 spiro atoms. The summed E-state index contributed by atoms with van der Waals surface area (Å²) in [5.74, 6) is 0. The lowest BCUT2D eigenvalue weighted by Gasteiger charge is -2.40. The molecule has 1 atom stereocenters. The fraction of sp³-hybridized carbons (Fsp3) is 0.923. The molecule has 1 fully saturated rings. The molecule has 1 rings (SSSR count). The summed E-state index contributed by atoms with van der Waals surface area (Å²) in [6, 6.07) is 0.649. The van der Waals surface area contributed by atoms with Gasteiger partial charge in [-0.1, -0.05) is 6.92 Å². The Morgan fingerprint density at radius 3 is 2.11 bits per heavy atom. The maximum atomic E-state index is 12.2. The monoisotopic (exact) mass is 256 g/mol. The van der Waals surface area contributed by atoms with Gasteiger partial charge in [-0.2, -0.15) is 0 Å². The molecule has 1 unspecified atom stereocenters. The van der Waals surface area contributed by atoms with Crippen LogP contribution in [0.15, 0.2) is 0 Å². The molecule has 106 valence electrons. The van der Waals surface area contributed by atoms with E-state index in [4.69, 9.17) is 5.73 Å². The summed E-state index contributed by atoms with van der Waals surface area (Å²) in [5.41, 5.74) is 5.77. The molecule has 18 heavy (non-hydrogen) atoms. The molecule has 0 saturated carbocycles. The summed E-state index contributed by atoms with van der Waals surface area (Å²) in [5, 5.41) is 0. The molecule has 5 heteroatoms. The van der Waals surface area contributed by atoms with Gasteiger partial charge in [-0.25, -0.2) is 4.79 Å². The Labute approximate surface area is 111 Å². The second-order valence-corrected chi connectivity index (χ2v) is 4.78. The van der Waals surface area contributed by atoms with E-state index >= 15 is 0 Å². The molecule has 2 amide bonds. The zero-order valence-electron chi connectivity index (χ0n) is 12.1. The number of hydrogen-bond donors (Lipinski definition) is 1. The van der Waals surface area contributed by atoms with Gasteiger partial charge in [0.25, 0.3) is 0 Å². The van der Waals surface area contributed by atoms with Gasteiger partial charge in [0.15, 0.2) is 0 Å². The normalized spacial score (nSPS) is 18.8. The molecule has 5 nitrogen and oxygen atoms in total. The van der Waals surface area contributed by atoms with Crippen molar-refractivity contribution in [2.45, 2.75) is 33.2 Å². The number of rotatable bonds is 5. The summed E-state index contributed by atoms with van der Waals surface area (Å²) in [6.07, 6.45) is 1.08.